The van der Waals surface area contributed by atoms with Crippen molar-refractivity contribution in [3.63, 3.8) is 0 Å². The Hall–Kier alpha value is -2.77. The van der Waals surface area contributed by atoms with Gasteiger partial charge in [-0.05, 0) is 37.1 Å². The lowest BCUT2D eigenvalue weighted by Crippen LogP contribution is -3.30. The molecule has 2 aromatic carbocycles. The molecule has 0 saturated carbocycles. The van der Waals surface area contributed by atoms with Gasteiger partial charge in [0.15, 0.2) is 12.6 Å². The van der Waals surface area contributed by atoms with Crippen molar-refractivity contribution >= 4 is 23.2 Å². The SMILES string of the molecule is CCc1ccccc1NC(=O)C[NH+]1CC[NH+]([C@H](C)C(=O)Nc2ccccc2F)CC1. The monoisotopic (exact) mass is 414 g/mol. The van der Waals surface area contributed by atoms with Crippen LogP contribution >= 0.6 is 0 Å². The largest absolute Gasteiger partial charge is 0.321 e. The fourth-order valence-electron chi connectivity index (χ4n) is 3.90. The Morgan fingerprint density at radius 1 is 0.967 bits per heavy atom. The normalized spacial score (nSPS) is 19.7. The molecule has 1 aliphatic heterocycles. The van der Waals surface area contributed by atoms with Crippen molar-refractivity contribution in [2.24, 2.45) is 0 Å². The number of halogens is 1. The van der Waals surface area contributed by atoms with E-state index in [-0.39, 0.29) is 23.5 Å². The first kappa shape index (κ1) is 21.9. The molecule has 4 N–H and O–H groups in total. The van der Waals surface area contributed by atoms with Gasteiger partial charge in [-0.15, -0.1) is 0 Å². The fourth-order valence-corrected chi connectivity index (χ4v) is 3.90. The van der Waals surface area contributed by atoms with Gasteiger partial charge in [0.1, 0.15) is 32.0 Å². The molecular weight excluding hydrogens is 383 g/mol. The average molecular weight is 415 g/mol. The first-order chi connectivity index (χ1) is 14.5. The van der Waals surface area contributed by atoms with Crippen molar-refractivity contribution in [2.45, 2.75) is 26.3 Å². The molecule has 2 amide bonds. The van der Waals surface area contributed by atoms with E-state index in [9.17, 15) is 14.0 Å². The molecule has 1 aliphatic rings. The smallest absolute Gasteiger partial charge is 0.282 e. The van der Waals surface area contributed by atoms with E-state index in [0.29, 0.717) is 6.54 Å². The summed E-state index contributed by atoms with van der Waals surface area (Å²) in [6.45, 7) is 7.57. The van der Waals surface area contributed by atoms with E-state index in [1.807, 2.05) is 31.2 Å². The highest BCUT2D eigenvalue weighted by Crippen LogP contribution is 2.15. The summed E-state index contributed by atoms with van der Waals surface area (Å²) in [5, 5.41) is 5.71. The molecule has 30 heavy (non-hydrogen) atoms. The topological polar surface area (TPSA) is 67.1 Å². The van der Waals surface area contributed by atoms with E-state index in [4.69, 9.17) is 0 Å². The summed E-state index contributed by atoms with van der Waals surface area (Å²) in [6, 6.07) is 13.8. The van der Waals surface area contributed by atoms with Crippen LogP contribution < -0.4 is 20.4 Å². The van der Waals surface area contributed by atoms with Gasteiger partial charge >= 0.3 is 0 Å². The van der Waals surface area contributed by atoms with Crippen LogP contribution in [0.4, 0.5) is 15.8 Å². The molecule has 0 unspecified atom stereocenters. The number of quaternary nitrogens is 2. The first-order valence-electron chi connectivity index (χ1n) is 10.6. The van der Waals surface area contributed by atoms with Crippen molar-refractivity contribution in [2.75, 3.05) is 43.4 Å². The molecule has 6 nitrogen and oxygen atoms in total. The van der Waals surface area contributed by atoms with Crippen molar-refractivity contribution in [3.8, 4) is 0 Å². The van der Waals surface area contributed by atoms with Gasteiger partial charge in [-0.1, -0.05) is 37.3 Å². The summed E-state index contributed by atoms with van der Waals surface area (Å²) in [5.41, 5.74) is 2.22. The minimum absolute atomic E-state index is 0.0136. The highest BCUT2D eigenvalue weighted by Gasteiger charge is 2.32. The highest BCUT2D eigenvalue weighted by atomic mass is 19.1. The number of amides is 2. The molecule has 2 aromatic rings. The Kier molecular flexibility index (Phi) is 7.54. The fraction of sp³-hybridized carbons (Fsp3) is 0.391. The Labute approximate surface area is 177 Å². The molecule has 1 heterocycles. The molecule has 1 fully saturated rings. The van der Waals surface area contributed by atoms with Crippen molar-refractivity contribution in [1.82, 2.24) is 0 Å². The zero-order chi connectivity index (χ0) is 21.5. The zero-order valence-corrected chi connectivity index (χ0v) is 17.6. The van der Waals surface area contributed by atoms with E-state index in [1.54, 1.807) is 18.2 Å². The first-order valence-corrected chi connectivity index (χ1v) is 10.6. The van der Waals surface area contributed by atoms with Crippen LogP contribution in [0.5, 0.6) is 0 Å². The van der Waals surface area contributed by atoms with Crippen LogP contribution in [0.15, 0.2) is 48.5 Å². The molecular formula is C23H31FN4O2+2. The zero-order valence-electron chi connectivity index (χ0n) is 17.6. The summed E-state index contributed by atoms with van der Waals surface area (Å²) in [5.74, 6) is -0.606. The van der Waals surface area contributed by atoms with Crippen molar-refractivity contribution in [1.29, 1.82) is 0 Å². The molecule has 0 aliphatic carbocycles. The second-order valence-corrected chi connectivity index (χ2v) is 7.83. The lowest BCUT2D eigenvalue weighted by atomic mass is 10.1. The molecule has 0 bridgehead atoms. The Balaban J connectivity index is 1.46. The van der Waals surface area contributed by atoms with Gasteiger partial charge in [0.2, 0.25) is 0 Å². The van der Waals surface area contributed by atoms with Crippen LogP contribution in [0.2, 0.25) is 0 Å². The van der Waals surface area contributed by atoms with Crippen LogP contribution in [0, 0.1) is 5.82 Å². The Bertz CT molecular complexity index is 881. The number of carbonyl (C=O) groups is 2. The number of rotatable bonds is 7. The summed E-state index contributed by atoms with van der Waals surface area (Å²) in [6.07, 6.45) is 0.873. The number of benzene rings is 2. The standard InChI is InChI=1S/C23H29FN4O2/c1-3-18-8-4-6-10-20(18)25-22(29)16-27-12-14-28(15-13-27)17(2)23(30)26-21-11-7-5-9-19(21)24/h4-11,17H,3,12-16H2,1-2H3,(H,25,29)(H,26,30)/p+2/t17-/m1/s1. The van der Waals surface area contributed by atoms with Crippen LogP contribution in [-0.4, -0.2) is 50.6 Å². The molecule has 0 radical (unpaired) electrons. The molecule has 1 saturated heterocycles. The predicted molar refractivity (Wildman–Crippen MR) is 115 cm³/mol. The highest BCUT2D eigenvalue weighted by molar-refractivity contribution is 5.93. The lowest BCUT2D eigenvalue weighted by Gasteiger charge is -2.32. The van der Waals surface area contributed by atoms with E-state index in [0.717, 1.165) is 48.8 Å². The summed E-state index contributed by atoms with van der Waals surface area (Å²) < 4.78 is 13.8. The molecule has 0 aromatic heterocycles. The van der Waals surface area contributed by atoms with Crippen LogP contribution in [0.25, 0.3) is 0 Å². The lowest BCUT2D eigenvalue weighted by molar-refractivity contribution is -1.01. The number of carbonyl (C=O) groups excluding carboxylic acids is 2. The number of nitrogens with one attached hydrogen (secondary N) is 4. The maximum Gasteiger partial charge on any atom is 0.282 e. The minimum atomic E-state index is -0.432. The van der Waals surface area contributed by atoms with E-state index >= 15 is 0 Å². The van der Waals surface area contributed by atoms with Gasteiger partial charge < -0.3 is 20.4 Å². The third kappa shape index (κ3) is 5.64. The average Bonchev–Trinajstić information content (AvgIpc) is 2.75. The summed E-state index contributed by atoms with van der Waals surface area (Å²) in [7, 11) is 0. The third-order valence-electron chi connectivity index (χ3n) is 5.82. The minimum Gasteiger partial charge on any atom is -0.321 e. The number of hydrogen-bond acceptors (Lipinski definition) is 2. The number of piperazine rings is 1. The summed E-state index contributed by atoms with van der Waals surface area (Å²) >= 11 is 0. The maximum atomic E-state index is 13.8. The second kappa shape index (κ2) is 10.3. The van der Waals surface area contributed by atoms with Gasteiger partial charge in [-0.2, -0.15) is 0 Å². The van der Waals surface area contributed by atoms with E-state index in [1.165, 1.54) is 11.0 Å². The summed E-state index contributed by atoms with van der Waals surface area (Å²) in [4.78, 5) is 27.4. The van der Waals surface area contributed by atoms with Gasteiger partial charge in [0.05, 0.1) is 5.69 Å². The van der Waals surface area contributed by atoms with Crippen molar-refractivity contribution in [3.05, 3.63) is 59.9 Å². The molecule has 0 spiro atoms. The number of aryl methyl sites for hydroxylation is 1. The van der Waals surface area contributed by atoms with Crippen molar-refractivity contribution < 1.29 is 23.8 Å². The van der Waals surface area contributed by atoms with Gasteiger partial charge in [-0.3, -0.25) is 9.59 Å². The van der Waals surface area contributed by atoms with E-state index < -0.39 is 5.82 Å². The molecule has 3 rings (SSSR count). The number of anilines is 2. The van der Waals surface area contributed by atoms with Crippen LogP contribution in [-0.2, 0) is 16.0 Å². The molecule has 160 valence electrons. The molecule has 1 atom stereocenters. The molecule has 7 heteroatoms. The quantitative estimate of drug-likeness (QED) is 0.521. The Morgan fingerprint density at radius 2 is 1.60 bits per heavy atom. The van der Waals surface area contributed by atoms with Gasteiger partial charge in [0, 0.05) is 5.69 Å². The maximum absolute atomic E-state index is 13.8. The van der Waals surface area contributed by atoms with Gasteiger partial charge in [0.25, 0.3) is 11.8 Å². The number of hydrogen-bond donors (Lipinski definition) is 4. The van der Waals surface area contributed by atoms with Crippen LogP contribution in [0.3, 0.4) is 0 Å². The predicted octanol–water partition coefficient (Wildman–Crippen LogP) is 0.137. The van der Waals surface area contributed by atoms with Crippen LogP contribution in [0.1, 0.15) is 19.4 Å². The Morgan fingerprint density at radius 3 is 2.27 bits per heavy atom. The third-order valence-corrected chi connectivity index (χ3v) is 5.82. The van der Waals surface area contributed by atoms with E-state index in [2.05, 4.69) is 17.6 Å². The van der Waals surface area contributed by atoms with Gasteiger partial charge in [-0.25, -0.2) is 4.39 Å². The number of para-hydroxylation sites is 2. The second-order valence-electron chi connectivity index (χ2n) is 7.83.